The molecule has 29 heavy (non-hydrogen) atoms. The van der Waals surface area contributed by atoms with Gasteiger partial charge in [-0.1, -0.05) is 30.3 Å². The van der Waals surface area contributed by atoms with Gasteiger partial charge in [-0.15, -0.1) is 0 Å². The highest BCUT2D eigenvalue weighted by Crippen LogP contribution is 2.24. The Morgan fingerprint density at radius 1 is 1.07 bits per heavy atom. The number of benzene rings is 2. The van der Waals surface area contributed by atoms with Crippen molar-refractivity contribution in [1.29, 1.82) is 0 Å². The van der Waals surface area contributed by atoms with Gasteiger partial charge in [-0.2, -0.15) is 0 Å². The van der Waals surface area contributed by atoms with Crippen molar-refractivity contribution in [3.05, 3.63) is 60.2 Å². The average Bonchev–Trinajstić information content (AvgIpc) is 2.72. The number of esters is 1. The van der Waals surface area contributed by atoms with Crippen molar-refractivity contribution in [1.82, 2.24) is 5.32 Å². The molecule has 9 heteroatoms. The first kappa shape index (κ1) is 22.4. The molecule has 1 N–H and O–H groups in total. The summed E-state index contributed by atoms with van der Waals surface area (Å²) in [4.78, 5) is 24.1. The van der Waals surface area contributed by atoms with Gasteiger partial charge >= 0.3 is 5.97 Å². The Morgan fingerprint density at radius 3 is 2.34 bits per heavy atom. The molecule has 0 spiro atoms. The molecule has 1 atom stereocenters. The molecule has 0 saturated carbocycles. The van der Waals surface area contributed by atoms with E-state index in [4.69, 9.17) is 9.47 Å². The second-order valence-electron chi connectivity index (χ2n) is 6.30. The summed E-state index contributed by atoms with van der Waals surface area (Å²) >= 11 is 0. The summed E-state index contributed by atoms with van der Waals surface area (Å²) in [7, 11) is -1.11. The Kier molecular flexibility index (Phi) is 7.74. The van der Waals surface area contributed by atoms with Gasteiger partial charge in [0.05, 0.1) is 17.9 Å². The van der Waals surface area contributed by atoms with E-state index < -0.39 is 28.5 Å². The summed E-state index contributed by atoms with van der Waals surface area (Å²) in [5.41, 5.74) is 0.301. The number of hydrogen-bond donors (Lipinski definition) is 1. The van der Waals surface area contributed by atoms with Gasteiger partial charge in [0.2, 0.25) is 0 Å². The summed E-state index contributed by atoms with van der Waals surface area (Å²) in [5, 5.41) is 2.60. The molecule has 0 fully saturated rings. The normalized spacial score (nSPS) is 12.1. The van der Waals surface area contributed by atoms with Crippen molar-refractivity contribution in [3.8, 4) is 0 Å². The highest BCUT2D eigenvalue weighted by Gasteiger charge is 2.27. The third-order valence-electron chi connectivity index (χ3n) is 4.02. The van der Waals surface area contributed by atoms with E-state index in [0.29, 0.717) is 12.3 Å². The maximum absolute atomic E-state index is 13.0. The van der Waals surface area contributed by atoms with E-state index in [2.05, 4.69) is 5.32 Å². The van der Waals surface area contributed by atoms with Crippen molar-refractivity contribution < 1.29 is 27.5 Å². The number of carbonyl (C=O) groups is 2. The Labute approximate surface area is 170 Å². The van der Waals surface area contributed by atoms with Crippen LogP contribution >= 0.6 is 0 Å². The van der Waals surface area contributed by atoms with Gasteiger partial charge in [0.25, 0.3) is 15.9 Å². The molecule has 0 radical (unpaired) electrons. The molecule has 0 aliphatic carbocycles. The van der Waals surface area contributed by atoms with E-state index in [1.54, 1.807) is 37.3 Å². The second kappa shape index (κ2) is 10.0. The van der Waals surface area contributed by atoms with Crippen LogP contribution in [0.2, 0.25) is 0 Å². The number of hydrogen-bond acceptors (Lipinski definition) is 6. The van der Waals surface area contributed by atoms with Gasteiger partial charge < -0.3 is 14.8 Å². The van der Waals surface area contributed by atoms with E-state index in [-0.39, 0.29) is 16.5 Å². The van der Waals surface area contributed by atoms with Gasteiger partial charge in [-0.3, -0.25) is 9.10 Å². The average molecular weight is 420 g/mol. The second-order valence-corrected chi connectivity index (χ2v) is 8.24. The molecule has 0 aliphatic heterocycles. The van der Waals surface area contributed by atoms with Gasteiger partial charge in [0.15, 0.2) is 6.61 Å². The Balaban J connectivity index is 2.17. The Hall–Kier alpha value is -2.91. The zero-order valence-electron chi connectivity index (χ0n) is 16.5. The molecule has 2 aromatic carbocycles. The van der Waals surface area contributed by atoms with E-state index >= 15 is 0 Å². The maximum atomic E-state index is 13.0. The molecule has 1 amide bonds. The van der Waals surface area contributed by atoms with Gasteiger partial charge in [-0.25, -0.2) is 13.2 Å². The molecule has 2 rings (SSSR count). The van der Waals surface area contributed by atoms with Crippen LogP contribution in [0, 0.1) is 0 Å². The summed E-state index contributed by atoms with van der Waals surface area (Å²) < 4.78 is 37.1. The van der Waals surface area contributed by atoms with Crippen LogP contribution in [0.5, 0.6) is 0 Å². The molecule has 0 bridgehead atoms. The van der Waals surface area contributed by atoms with Crippen molar-refractivity contribution >= 4 is 27.6 Å². The topological polar surface area (TPSA) is 102 Å². The predicted molar refractivity (Wildman–Crippen MR) is 108 cm³/mol. The fourth-order valence-electron chi connectivity index (χ4n) is 2.60. The number of para-hydroxylation sites is 1. The molecule has 0 aliphatic rings. The van der Waals surface area contributed by atoms with Crippen LogP contribution in [0.25, 0.3) is 0 Å². The number of amides is 1. The van der Waals surface area contributed by atoms with E-state index in [1.807, 2.05) is 0 Å². The number of carbonyl (C=O) groups excluding carboxylic acids is 2. The summed E-state index contributed by atoms with van der Waals surface area (Å²) in [6.45, 7) is 1.52. The smallest absolute Gasteiger partial charge is 0.340 e. The molecule has 0 aromatic heterocycles. The number of nitrogens with zero attached hydrogens (tertiary/aromatic N) is 1. The predicted octanol–water partition coefficient (Wildman–Crippen LogP) is 1.82. The molecule has 156 valence electrons. The first-order valence-corrected chi connectivity index (χ1v) is 10.3. The minimum atomic E-state index is -4.02. The Morgan fingerprint density at radius 2 is 1.69 bits per heavy atom. The molecule has 2 aromatic rings. The van der Waals surface area contributed by atoms with Crippen molar-refractivity contribution in [2.45, 2.75) is 17.9 Å². The van der Waals surface area contributed by atoms with Gasteiger partial charge in [0.1, 0.15) is 4.90 Å². The van der Waals surface area contributed by atoms with Crippen molar-refractivity contribution in [3.63, 3.8) is 0 Å². The van der Waals surface area contributed by atoms with Crippen LogP contribution in [0.15, 0.2) is 59.5 Å². The molecule has 1 unspecified atom stereocenters. The lowest BCUT2D eigenvalue weighted by atomic mass is 10.2. The van der Waals surface area contributed by atoms with Crippen LogP contribution in [-0.2, 0) is 24.3 Å². The number of ether oxygens (including phenoxy) is 2. The summed E-state index contributed by atoms with van der Waals surface area (Å²) in [5.74, 6) is -1.41. The molecule has 0 saturated heterocycles. The third kappa shape index (κ3) is 5.78. The molecular formula is C20H24N2O6S. The van der Waals surface area contributed by atoms with Crippen molar-refractivity contribution in [2.75, 3.05) is 31.7 Å². The number of anilines is 1. The number of methoxy groups -OCH3 is 1. The van der Waals surface area contributed by atoms with Crippen molar-refractivity contribution in [2.24, 2.45) is 0 Å². The van der Waals surface area contributed by atoms with Crippen LogP contribution in [0.1, 0.15) is 17.3 Å². The van der Waals surface area contributed by atoms with E-state index in [0.717, 1.165) is 4.31 Å². The number of rotatable bonds is 9. The van der Waals surface area contributed by atoms with Crippen LogP contribution in [-0.4, -0.2) is 53.7 Å². The largest absolute Gasteiger partial charge is 0.452 e. The quantitative estimate of drug-likeness (QED) is 0.621. The van der Waals surface area contributed by atoms with Crippen LogP contribution in [0.3, 0.4) is 0 Å². The van der Waals surface area contributed by atoms with Gasteiger partial charge in [0, 0.05) is 20.2 Å². The molecular weight excluding hydrogens is 396 g/mol. The Bertz CT molecular complexity index is 946. The minimum absolute atomic E-state index is 0.145. The lowest BCUT2D eigenvalue weighted by molar-refractivity contribution is -0.125. The lowest BCUT2D eigenvalue weighted by Crippen LogP contribution is -2.38. The molecule has 0 heterocycles. The fraction of sp³-hybridized carbons (Fsp3) is 0.300. The minimum Gasteiger partial charge on any atom is -0.452 e. The summed E-state index contributed by atoms with van der Waals surface area (Å²) in [6, 6.07) is 13.9. The first-order valence-electron chi connectivity index (χ1n) is 8.85. The number of nitrogens with one attached hydrogen (secondary N) is 1. The monoisotopic (exact) mass is 420 g/mol. The maximum Gasteiger partial charge on any atom is 0.340 e. The standard InChI is InChI=1S/C20H24N2O6S/c1-15(13-27-3)21-19(23)14-28-20(24)17-11-7-8-12-18(17)29(25,26)22(2)16-9-5-4-6-10-16/h4-12,15H,13-14H2,1-3H3,(H,21,23). The SMILES string of the molecule is COCC(C)NC(=O)COC(=O)c1ccccc1S(=O)(=O)N(C)c1ccccc1. The van der Waals surface area contributed by atoms with E-state index in [1.165, 1.54) is 38.4 Å². The fourth-order valence-corrected chi connectivity index (χ4v) is 3.98. The highest BCUT2D eigenvalue weighted by molar-refractivity contribution is 7.92. The van der Waals surface area contributed by atoms with Crippen LogP contribution in [0.4, 0.5) is 5.69 Å². The lowest BCUT2D eigenvalue weighted by Gasteiger charge is -2.21. The zero-order chi connectivity index (χ0) is 21.4. The van der Waals surface area contributed by atoms with Gasteiger partial charge in [-0.05, 0) is 31.2 Å². The summed E-state index contributed by atoms with van der Waals surface area (Å²) in [6.07, 6.45) is 0. The third-order valence-corrected chi connectivity index (χ3v) is 5.87. The van der Waals surface area contributed by atoms with E-state index in [9.17, 15) is 18.0 Å². The highest BCUT2D eigenvalue weighted by atomic mass is 32.2. The first-order chi connectivity index (χ1) is 13.8. The zero-order valence-corrected chi connectivity index (χ0v) is 17.3. The molecule has 8 nitrogen and oxygen atoms in total. The number of sulfonamides is 1. The van der Waals surface area contributed by atoms with Crippen LogP contribution < -0.4 is 9.62 Å².